The number of amides is 1. The van der Waals surface area contributed by atoms with Crippen LogP contribution in [0.15, 0.2) is 12.2 Å². The molecule has 5 atom stereocenters. The molecule has 1 aliphatic rings. The van der Waals surface area contributed by atoms with Crippen LogP contribution in [-0.2, 0) is 9.53 Å². The van der Waals surface area contributed by atoms with Crippen molar-refractivity contribution in [3.05, 3.63) is 12.2 Å². The van der Waals surface area contributed by atoms with E-state index in [2.05, 4.69) is 26.0 Å². The van der Waals surface area contributed by atoms with Gasteiger partial charge in [0, 0.05) is 13.0 Å². The second-order valence-corrected chi connectivity index (χ2v) is 13.5. The van der Waals surface area contributed by atoms with Crippen LogP contribution in [0.2, 0.25) is 0 Å². The Morgan fingerprint density at radius 3 is 1.47 bits per heavy atom. The van der Waals surface area contributed by atoms with E-state index in [9.17, 15) is 25.2 Å². The Hall–Kier alpha value is -0.990. The second kappa shape index (κ2) is 29.2. The lowest BCUT2D eigenvalue weighted by atomic mass is 9.97. The van der Waals surface area contributed by atoms with Crippen molar-refractivity contribution in [3.8, 4) is 0 Å². The normalized spacial score (nSPS) is 22.0. The zero-order chi connectivity index (χ0) is 33.0. The summed E-state index contributed by atoms with van der Waals surface area (Å²) in [5, 5.41) is 41.0. The highest BCUT2D eigenvalue weighted by Gasteiger charge is 2.46. The number of allylic oxidation sites excluding steroid dienone is 2. The lowest BCUT2D eigenvalue weighted by Crippen LogP contribution is -2.64. The molecule has 1 heterocycles. The zero-order valence-electron chi connectivity index (χ0n) is 29.4. The van der Waals surface area contributed by atoms with Gasteiger partial charge in [-0.1, -0.05) is 148 Å². The third-order valence-electron chi connectivity index (χ3n) is 9.40. The number of ether oxygens (including phenoxy) is 1. The van der Waals surface area contributed by atoms with Gasteiger partial charge in [-0.3, -0.25) is 4.79 Å². The molecule has 1 aliphatic heterocycles. The lowest BCUT2D eigenvalue weighted by Gasteiger charge is -2.44. The SMILES string of the molecule is CCCCCCCCC=CCCCCCCCC(=O)N(CCCCCCCCCCCCCC)C1O[C@H](CO)[C@H](O)[C@H](O)[C@H]1O. The molecule has 0 aromatic carbocycles. The second-order valence-electron chi connectivity index (χ2n) is 13.5. The molecule has 45 heavy (non-hydrogen) atoms. The summed E-state index contributed by atoms with van der Waals surface area (Å²) < 4.78 is 5.79. The third kappa shape index (κ3) is 20.1. The van der Waals surface area contributed by atoms with E-state index < -0.39 is 37.3 Å². The van der Waals surface area contributed by atoms with E-state index in [0.29, 0.717) is 13.0 Å². The minimum absolute atomic E-state index is 0.0972. The van der Waals surface area contributed by atoms with Gasteiger partial charge in [-0.2, -0.15) is 0 Å². The number of nitrogens with zero attached hydrogens (tertiary/aromatic N) is 1. The van der Waals surface area contributed by atoms with Crippen molar-refractivity contribution in [3.63, 3.8) is 0 Å². The first-order valence-electron chi connectivity index (χ1n) is 19.2. The van der Waals surface area contributed by atoms with Crippen molar-refractivity contribution in [2.24, 2.45) is 0 Å². The van der Waals surface area contributed by atoms with Crippen LogP contribution in [0.25, 0.3) is 0 Å². The number of rotatable bonds is 30. The van der Waals surface area contributed by atoms with Crippen molar-refractivity contribution < 1.29 is 30.0 Å². The number of aliphatic hydroxyl groups is 4. The summed E-state index contributed by atoms with van der Waals surface area (Å²) in [6.45, 7) is 4.45. The molecule has 1 unspecified atom stereocenters. The molecule has 0 spiro atoms. The van der Waals surface area contributed by atoms with E-state index in [1.54, 1.807) is 4.90 Å². The maximum absolute atomic E-state index is 13.4. The van der Waals surface area contributed by atoms with E-state index in [-0.39, 0.29) is 5.91 Å². The smallest absolute Gasteiger partial charge is 0.224 e. The first kappa shape index (κ1) is 42.0. The molecular formula is C38H73NO6. The summed E-state index contributed by atoms with van der Waals surface area (Å²) in [5.41, 5.74) is 0. The molecule has 0 saturated carbocycles. The fourth-order valence-corrected chi connectivity index (χ4v) is 6.35. The number of hydrogen-bond donors (Lipinski definition) is 4. The Bertz CT molecular complexity index is 702. The Balaban J connectivity index is 2.36. The van der Waals surface area contributed by atoms with Gasteiger partial charge in [0.05, 0.1) is 6.61 Å². The number of aliphatic hydroxyl groups excluding tert-OH is 4. The van der Waals surface area contributed by atoms with Crippen molar-refractivity contribution >= 4 is 5.91 Å². The number of carbonyl (C=O) groups is 1. The molecule has 0 bridgehead atoms. The average molecular weight is 640 g/mol. The zero-order valence-corrected chi connectivity index (χ0v) is 29.4. The fourth-order valence-electron chi connectivity index (χ4n) is 6.35. The summed E-state index contributed by atoms with van der Waals surface area (Å²) in [5.74, 6) is -0.0972. The quantitative estimate of drug-likeness (QED) is 0.0464. The Morgan fingerprint density at radius 1 is 0.578 bits per heavy atom. The molecule has 1 saturated heterocycles. The van der Waals surface area contributed by atoms with E-state index >= 15 is 0 Å². The van der Waals surface area contributed by atoms with Crippen LogP contribution in [0.1, 0.15) is 181 Å². The maximum Gasteiger partial charge on any atom is 0.224 e. The summed E-state index contributed by atoms with van der Waals surface area (Å²) in [6.07, 6.45) is 28.8. The number of unbranched alkanes of at least 4 members (excludes halogenated alkanes) is 22. The highest BCUT2D eigenvalue weighted by molar-refractivity contribution is 5.76. The summed E-state index contributed by atoms with van der Waals surface area (Å²) >= 11 is 0. The van der Waals surface area contributed by atoms with Crippen LogP contribution < -0.4 is 0 Å². The lowest BCUT2D eigenvalue weighted by molar-refractivity contribution is -0.262. The van der Waals surface area contributed by atoms with Gasteiger partial charge in [0.25, 0.3) is 0 Å². The Kier molecular flexibility index (Phi) is 27.2. The van der Waals surface area contributed by atoms with E-state index in [0.717, 1.165) is 51.4 Å². The minimum Gasteiger partial charge on any atom is -0.394 e. The summed E-state index contributed by atoms with van der Waals surface area (Å²) in [6, 6.07) is 0. The molecule has 1 rings (SSSR count). The largest absolute Gasteiger partial charge is 0.394 e. The number of hydrogen-bond acceptors (Lipinski definition) is 6. The van der Waals surface area contributed by atoms with E-state index in [1.807, 2.05) is 0 Å². The van der Waals surface area contributed by atoms with Crippen LogP contribution in [0, 0.1) is 0 Å². The van der Waals surface area contributed by atoms with Gasteiger partial charge in [0.15, 0.2) is 6.23 Å². The van der Waals surface area contributed by atoms with Crippen molar-refractivity contribution in [1.29, 1.82) is 0 Å². The molecule has 0 aromatic rings. The molecule has 4 N–H and O–H groups in total. The van der Waals surface area contributed by atoms with Crippen LogP contribution in [0.5, 0.6) is 0 Å². The molecule has 7 nitrogen and oxygen atoms in total. The molecule has 1 fully saturated rings. The molecule has 7 heteroatoms. The predicted octanol–water partition coefficient (Wildman–Crippen LogP) is 8.35. The Morgan fingerprint density at radius 2 is 1.00 bits per heavy atom. The van der Waals surface area contributed by atoms with Gasteiger partial charge < -0.3 is 30.1 Å². The fraction of sp³-hybridized carbons (Fsp3) is 0.921. The molecule has 0 aliphatic carbocycles. The van der Waals surface area contributed by atoms with Crippen LogP contribution >= 0.6 is 0 Å². The average Bonchev–Trinajstić information content (AvgIpc) is 3.04. The summed E-state index contributed by atoms with van der Waals surface area (Å²) in [7, 11) is 0. The topological polar surface area (TPSA) is 110 Å². The monoisotopic (exact) mass is 640 g/mol. The van der Waals surface area contributed by atoms with Crippen LogP contribution in [0.4, 0.5) is 0 Å². The van der Waals surface area contributed by atoms with Crippen molar-refractivity contribution in [2.75, 3.05) is 13.2 Å². The molecular weight excluding hydrogens is 566 g/mol. The first-order valence-corrected chi connectivity index (χ1v) is 19.2. The van der Waals surface area contributed by atoms with Gasteiger partial charge in [-0.15, -0.1) is 0 Å². The van der Waals surface area contributed by atoms with Gasteiger partial charge in [0.2, 0.25) is 5.91 Å². The van der Waals surface area contributed by atoms with Crippen LogP contribution in [-0.4, -0.2) is 75.0 Å². The molecule has 266 valence electrons. The summed E-state index contributed by atoms with van der Waals surface area (Å²) in [4.78, 5) is 14.9. The van der Waals surface area contributed by atoms with Gasteiger partial charge in [0.1, 0.15) is 24.4 Å². The molecule has 1 amide bonds. The first-order chi connectivity index (χ1) is 22.0. The predicted molar refractivity (Wildman–Crippen MR) is 186 cm³/mol. The van der Waals surface area contributed by atoms with Gasteiger partial charge >= 0.3 is 0 Å². The van der Waals surface area contributed by atoms with E-state index in [4.69, 9.17) is 4.74 Å². The van der Waals surface area contributed by atoms with Crippen LogP contribution in [0.3, 0.4) is 0 Å². The standard InChI is InChI=1S/C38H73NO6/c1-3-5-7-9-11-13-15-17-18-19-20-22-24-26-28-30-34(41)39(38-37(44)36(43)35(42)33(32-40)45-38)31-29-27-25-23-21-16-14-12-10-8-6-4-2/h17-18,33,35-38,40,42-44H,3-16,19-32H2,1-2H3/t33-,35+,36+,37-,38?/m1/s1. The van der Waals surface area contributed by atoms with Crippen molar-refractivity contribution in [1.82, 2.24) is 4.90 Å². The van der Waals surface area contributed by atoms with E-state index in [1.165, 1.54) is 109 Å². The Labute approximate surface area is 277 Å². The van der Waals surface area contributed by atoms with Gasteiger partial charge in [-0.25, -0.2) is 0 Å². The molecule has 0 aromatic heterocycles. The maximum atomic E-state index is 13.4. The van der Waals surface area contributed by atoms with Crippen molar-refractivity contribution in [2.45, 2.75) is 211 Å². The highest BCUT2D eigenvalue weighted by Crippen LogP contribution is 2.25. The highest BCUT2D eigenvalue weighted by atomic mass is 16.6. The number of carbonyl (C=O) groups excluding carboxylic acids is 1. The minimum atomic E-state index is -1.47. The third-order valence-corrected chi connectivity index (χ3v) is 9.40. The molecule has 0 radical (unpaired) electrons. The van der Waals surface area contributed by atoms with Gasteiger partial charge in [-0.05, 0) is 38.5 Å².